The summed E-state index contributed by atoms with van der Waals surface area (Å²) < 4.78 is 12.2. The van der Waals surface area contributed by atoms with E-state index in [1.165, 1.54) is 0 Å². The number of likely N-dealkylation sites (N-methyl/N-ethyl adjacent to an activating group) is 1. The summed E-state index contributed by atoms with van der Waals surface area (Å²) in [5, 5.41) is 3.13. The summed E-state index contributed by atoms with van der Waals surface area (Å²) in [5.74, 6) is 0. The molecule has 5 nitrogen and oxygen atoms in total. The lowest BCUT2D eigenvalue weighted by Gasteiger charge is -2.32. The average Bonchev–Trinajstić information content (AvgIpc) is 2.69. The zero-order valence-corrected chi connectivity index (χ0v) is 14.3. The van der Waals surface area contributed by atoms with E-state index in [0.717, 1.165) is 11.0 Å². The number of nitrogens with one attached hydrogen (secondary N) is 1. The number of carbonyl (C=O) groups excluding carboxylic acids is 1. The Morgan fingerprint density at radius 2 is 1.87 bits per heavy atom. The second kappa shape index (κ2) is 6.81. The highest BCUT2D eigenvalue weighted by Gasteiger charge is 2.52. The van der Waals surface area contributed by atoms with Gasteiger partial charge in [0.05, 0.1) is 16.9 Å². The first kappa shape index (κ1) is 17.6. The Hall–Kier alpha value is -1.72. The van der Waals surface area contributed by atoms with Crippen molar-refractivity contribution in [3.8, 4) is 0 Å². The van der Waals surface area contributed by atoms with Crippen LogP contribution in [0.3, 0.4) is 0 Å². The van der Waals surface area contributed by atoms with Crippen molar-refractivity contribution in [2.45, 2.75) is 38.9 Å². The van der Waals surface area contributed by atoms with Crippen LogP contribution in [0.15, 0.2) is 34.7 Å². The van der Waals surface area contributed by atoms with Crippen LogP contribution in [0.1, 0.15) is 33.3 Å². The number of nitrogens with zero attached hydrogens (tertiary/aromatic N) is 1. The van der Waals surface area contributed by atoms with Gasteiger partial charge in [-0.3, -0.25) is 0 Å². The molecule has 0 atom stereocenters. The fourth-order valence-corrected chi connectivity index (χ4v) is 2.36. The molecular weight excluding hydrogens is 291 g/mol. The number of hydrogen-bond acceptors (Lipinski definition) is 5. The Morgan fingerprint density at radius 1 is 1.26 bits per heavy atom. The van der Waals surface area contributed by atoms with Crippen molar-refractivity contribution in [2.24, 2.45) is 4.99 Å². The molecule has 1 saturated heterocycles. The lowest BCUT2D eigenvalue weighted by molar-refractivity contribution is 0.00578. The van der Waals surface area contributed by atoms with E-state index in [1.807, 2.05) is 59.0 Å². The van der Waals surface area contributed by atoms with E-state index in [1.54, 1.807) is 12.1 Å². The maximum atomic E-state index is 10.6. The number of aliphatic imine (C=N–C) groups is 1. The molecule has 1 aliphatic rings. The topological polar surface area (TPSA) is 59.9 Å². The third-order valence-corrected chi connectivity index (χ3v) is 4.38. The molecule has 6 heteroatoms. The fourth-order valence-electron chi connectivity index (χ4n) is 2.36. The molecule has 1 aliphatic heterocycles. The molecule has 0 spiro atoms. The highest BCUT2D eigenvalue weighted by Crippen LogP contribution is 2.39. The van der Waals surface area contributed by atoms with Crippen molar-refractivity contribution in [3.05, 3.63) is 35.3 Å². The van der Waals surface area contributed by atoms with Gasteiger partial charge in [0.1, 0.15) is 0 Å². The third-order valence-electron chi connectivity index (χ3n) is 4.38. The first-order valence-electron chi connectivity index (χ1n) is 7.68. The standard InChI is InChI=1S/C17H23BN2O3/c1-16(2)17(3,4)23-18(22-16)14(11-19-5)10-13-8-6-7-9-15(13)20-12-21/h6-10,19H,11H2,1-5H3. The molecule has 1 heterocycles. The van der Waals surface area contributed by atoms with Crippen LogP contribution in [0.2, 0.25) is 0 Å². The van der Waals surface area contributed by atoms with Gasteiger partial charge >= 0.3 is 7.12 Å². The van der Waals surface area contributed by atoms with Crippen LogP contribution in [0, 0.1) is 0 Å². The molecule has 1 aromatic rings. The molecule has 0 bridgehead atoms. The van der Waals surface area contributed by atoms with Gasteiger partial charge in [0.15, 0.2) is 0 Å². The third kappa shape index (κ3) is 3.79. The Balaban J connectivity index is 2.38. The van der Waals surface area contributed by atoms with E-state index in [0.29, 0.717) is 12.2 Å². The molecule has 1 fully saturated rings. The fraction of sp³-hybridized carbons (Fsp3) is 0.471. The first-order chi connectivity index (χ1) is 10.8. The molecule has 0 radical (unpaired) electrons. The van der Waals surface area contributed by atoms with Crippen molar-refractivity contribution < 1.29 is 14.1 Å². The van der Waals surface area contributed by atoms with E-state index < -0.39 is 18.3 Å². The number of hydrogen-bond donors (Lipinski definition) is 1. The van der Waals surface area contributed by atoms with Gasteiger partial charge in [0.25, 0.3) is 0 Å². The van der Waals surface area contributed by atoms with Gasteiger partial charge in [-0.2, -0.15) is 4.99 Å². The van der Waals surface area contributed by atoms with Crippen LogP contribution in [0.4, 0.5) is 5.69 Å². The summed E-state index contributed by atoms with van der Waals surface area (Å²) in [5.41, 5.74) is 1.55. The molecule has 0 aliphatic carbocycles. The first-order valence-corrected chi connectivity index (χ1v) is 7.68. The number of para-hydroxylation sites is 1. The predicted octanol–water partition coefficient (Wildman–Crippen LogP) is 2.89. The molecule has 23 heavy (non-hydrogen) atoms. The molecule has 0 saturated carbocycles. The van der Waals surface area contributed by atoms with Crippen molar-refractivity contribution in [1.29, 1.82) is 0 Å². The van der Waals surface area contributed by atoms with E-state index in [-0.39, 0.29) is 0 Å². The average molecular weight is 314 g/mol. The Labute approximate surface area is 137 Å². The summed E-state index contributed by atoms with van der Waals surface area (Å²) in [7, 11) is 1.43. The number of rotatable bonds is 5. The van der Waals surface area contributed by atoms with Crippen LogP contribution in [-0.4, -0.2) is 38.0 Å². The largest absolute Gasteiger partial charge is 0.491 e. The van der Waals surface area contributed by atoms with Crippen molar-refractivity contribution in [2.75, 3.05) is 13.6 Å². The van der Waals surface area contributed by atoms with Gasteiger partial charge in [-0.05, 0) is 46.3 Å². The molecule has 1 N–H and O–H groups in total. The minimum atomic E-state index is -0.444. The lowest BCUT2D eigenvalue weighted by Crippen LogP contribution is -2.41. The molecule has 0 amide bonds. The van der Waals surface area contributed by atoms with Crippen molar-refractivity contribution >= 4 is 25.0 Å². The molecule has 2 rings (SSSR count). The van der Waals surface area contributed by atoms with Crippen molar-refractivity contribution in [1.82, 2.24) is 5.32 Å². The normalized spacial score (nSPS) is 19.5. The lowest BCUT2D eigenvalue weighted by atomic mass is 9.77. The zero-order valence-electron chi connectivity index (χ0n) is 14.3. The molecule has 122 valence electrons. The van der Waals surface area contributed by atoms with Gasteiger partial charge in [0.2, 0.25) is 6.08 Å². The monoisotopic (exact) mass is 314 g/mol. The second-order valence-electron chi connectivity index (χ2n) is 6.60. The Bertz CT molecular complexity index is 633. The van der Waals surface area contributed by atoms with Gasteiger partial charge in [-0.25, -0.2) is 4.79 Å². The van der Waals surface area contributed by atoms with Gasteiger partial charge < -0.3 is 14.6 Å². The molecule has 0 aromatic heterocycles. The van der Waals surface area contributed by atoms with E-state index in [9.17, 15) is 4.79 Å². The van der Waals surface area contributed by atoms with Gasteiger partial charge in [0, 0.05) is 12.1 Å². The number of benzene rings is 1. The van der Waals surface area contributed by atoms with Crippen LogP contribution >= 0.6 is 0 Å². The maximum absolute atomic E-state index is 10.6. The minimum absolute atomic E-state index is 0.398. The quantitative estimate of drug-likeness (QED) is 0.516. The highest BCUT2D eigenvalue weighted by atomic mass is 16.7. The van der Waals surface area contributed by atoms with E-state index in [2.05, 4.69) is 10.3 Å². The van der Waals surface area contributed by atoms with E-state index in [4.69, 9.17) is 9.31 Å². The predicted molar refractivity (Wildman–Crippen MR) is 92.2 cm³/mol. The highest BCUT2D eigenvalue weighted by molar-refractivity contribution is 6.56. The van der Waals surface area contributed by atoms with Gasteiger partial charge in [-0.1, -0.05) is 24.3 Å². The Kier molecular flexibility index (Phi) is 5.22. The summed E-state index contributed by atoms with van der Waals surface area (Å²) in [4.78, 5) is 14.3. The van der Waals surface area contributed by atoms with Crippen LogP contribution in [0.25, 0.3) is 6.08 Å². The SMILES string of the molecule is CNCC(=Cc1ccccc1N=C=O)B1OC(C)(C)C(C)(C)O1. The smallest absolute Gasteiger partial charge is 0.400 e. The molecular formula is C17H23BN2O3. The second-order valence-corrected chi connectivity index (χ2v) is 6.60. The molecule has 0 unspecified atom stereocenters. The maximum Gasteiger partial charge on any atom is 0.491 e. The summed E-state index contributed by atoms with van der Waals surface area (Å²) >= 11 is 0. The van der Waals surface area contributed by atoms with Gasteiger partial charge in [-0.15, -0.1) is 0 Å². The van der Waals surface area contributed by atoms with Crippen LogP contribution in [0.5, 0.6) is 0 Å². The van der Waals surface area contributed by atoms with Crippen LogP contribution in [-0.2, 0) is 14.1 Å². The van der Waals surface area contributed by atoms with Crippen LogP contribution < -0.4 is 5.32 Å². The zero-order chi connectivity index (χ0) is 17.1. The number of isocyanates is 1. The van der Waals surface area contributed by atoms with Crippen molar-refractivity contribution in [3.63, 3.8) is 0 Å². The summed E-state index contributed by atoms with van der Waals surface area (Å²) in [6.07, 6.45) is 3.55. The summed E-state index contributed by atoms with van der Waals surface area (Å²) in [6, 6.07) is 7.41. The molecule has 1 aromatic carbocycles. The summed E-state index contributed by atoms with van der Waals surface area (Å²) in [6.45, 7) is 8.70. The van der Waals surface area contributed by atoms with E-state index >= 15 is 0 Å². The minimum Gasteiger partial charge on any atom is -0.400 e. The Morgan fingerprint density at radius 3 is 2.43 bits per heavy atom.